The summed E-state index contributed by atoms with van der Waals surface area (Å²) in [5.74, 6) is 0.667. The van der Waals surface area contributed by atoms with Gasteiger partial charge in [-0.2, -0.15) is 0 Å². The Morgan fingerprint density at radius 1 is 1.60 bits per heavy atom. The van der Waals surface area contributed by atoms with E-state index in [1.54, 1.807) is 14.2 Å². The number of amides is 1. The highest BCUT2D eigenvalue weighted by atomic mass is 35.5. The van der Waals surface area contributed by atoms with E-state index >= 15 is 0 Å². The first-order chi connectivity index (χ1) is 6.70. The summed E-state index contributed by atoms with van der Waals surface area (Å²) in [6.45, 7) is 1.81. The van der Waals surface area contributed by atoms with Gasteiger partial charge in [0, 0.05) is 13.6 Å². The fraction of sp³-hybridized carbons (Fsp3) is 0.900. The minimum atomic E-state index is -0.162. The molecule has 0 aromatic rings. The van der Waals surface area contributed by atoms with Gasteiger partial charge in [-0.3, -0.25) is 9.63 Å². The average molecular weight is 235 g/mol. The largest absolute Gasteiger partial charge is 0.315 e. The zero-order valence-electron chi connectivity index (χ0n) is 9.28. The van der Waals surface area contributed by atoms with Gasteiger partial charge in [0.1, 0.15) is 0 Å². The van der Waals surface area contributed by atoms with Gasteiger partial charge in [-0.15, -0.1) is 12.4 Å². The summed E-state index contributed by atoms with van der Waals surface area (Å²) in [5, 5.41) is 4.70. The second-order valence-corrected chi connectivity index (χ2v) is 4.36. The lowest BCUT2D eigenvalue weighted by Gasteiger charge is -2.30. The number of fused-ring (bicyclic) bond motifs is 1. The molecule has 1 saturated heterocycles. The van der Waals surface area contributed by atoms with Gasteiger partial charge in [0.15, 0.2) is 0 Å². The topological polar surface area (TPSA) is 41.6 Å². The van der Waals surface area contributed by atoms with Gasteiger partial charge in [0.2, 0.25) is 0 Å². The summed E-state index contributed by atoms with van der Waals surface area (Å²) in [6, 6.07) is 0. The Balaban J connectivity index is 0.00000112. The van der Waals surface area contributed by atoms with Crippen LogP contribution in [0.1, 0.15) is 19.3 Å². The van der Waals surface area contributed by atoms with Gasteiger partial charge in [0.25, 0.3) is 5.91 Å². The number of carbonyl (C=O) groups is 1. The Labute approximate surface area is 96.7 Å². The fourth-order valence-electron chi connectivity index (χ4n) is 2.90. The zero-order valence-corrected chi connectivity index (χ0v) is 10.1. The predicted octanol–water partition coefficient (Wildman–Crippen LogP) is 0.818. The minimum absolute atomic E-state index is 0. The second-order valence-electron chi connectivity index (χ2n) is 4.36. The molecular weight excluding hydrogens is 216 g/mol. The number of halogens is 1. The van der Waals surface area contributed by atoms with Crippen molar-refractivity contribution in [3.8, 4) is 0 Å². The maximum Gasteiger partial charge on any atom is 0.253 e. The molecule has 1 N–H and O–H groups in total. The second kappa shape index (κ2) is 4.68. The number of hydroxylamine groups is 2. The van der Waals surface area contributed by atoms with Crippen molar-refractivity contribution in [2.24, 2.45) is 11.3 Å². The van der Waals surface area contributed by atoms with Crippen LogP contribution in [-0.2, 0) is 9.63 Å². The summed E-state index contributed by atoms with van der Waals surface area (Å²) < 4.78 is 0. The highest BCUT2D eigenvalue weighted by Gasteiger charge is 2.52. The van der Waals surface area contributed by atoms with Gasteiger partial charge >= 0.3 is 0 Å². The van der Waals surface area contributed by atoms with Crippen molar-refractivity contribution in [2.75, 3.05) is 27.2 Å². The van der Waals surface area contributed by atoms with Gasteiger partial charge in [-0.25, -0.2) is 5.06 Å². The molecule has 0 bridgehead atoms. The third kappa shape index (κ3) is 1.86. The number of hydrogen-bond acceptors (Lipinski definition) is 3. The Bertz CT molecular complexity index is 238. The number of nitrogens with zero attached hydrogens (tertiary/aromatic N) is 1. The molecule has 0 aromatic carbocycles. The van der Waals surface area contributed by atoms with E-state index < -0.39 is 0 Å². The standard InChI is InChI=1S/C10H18N2O2.ClH/c1-12(14-2)9(13)10-5-3-4-8(10)6-11-7-10;/h8,11H,3-7H2,1-2H3;1H/t8-,10-;/m1./s1. The van der Waals surface area contributed by atoms with E-state index in [2.05, 4.69) is 5.32 Å². The van der Waals surface area contributed by atoms with Crippen LogP contribution in [0.5, 0.6) is 0 Å². The SMILES string of the molecule is CON(C)C(=O)[C@@]12CCC[C@@H]1CNC2.Cl. The third-order valence-corrected chi connectivity index (χ3v) is 3.77. The number of carbonyl (C=O) groups excluding carboxylic acids is 1. The van der Waals surface area contributed by atoms with Crippen molar-refractivity contribution in [3.63, 3.8) is 0 Å². The molecule has 1 aliphatic carbocycles. The van der Waals surface area contributed by atoms with Crippen molar-refractivity contribution in [3.05, 3.63) is 0 Å². The molecule has 15 heavy (non-hydrogen) atoms. The fourth-order valence-corrected chi connectivity index (χ4v) is 2.90. The highest BCUT2D eigenvalue weighted by Crippen LogP contribution is 2.46. The molecule has 2 atom stereocenters. The van der Waals surface area contributed by atoms with E-state index in [9.17, 15) is 4.79 Å². The summed E-state index contributed by atoms with van der Waals surface area (Å²) in [4.78, 5) is 17.1. The lowest BCUT2D eigenvalue weighted by atomic mass is 9.80. The first kappa shape index (κ1) is 12.7. The number of rotatable bonds is 2. The molecule has 1 heterocycles. The molecule has 0 aromatic heterocycles. The molecule has 0 spiro atoms. The van der Waals surface area contributed by atoms with E-state index in [1.807, 2.05) is 0 Å². The Morgan fingerprint density at radius 3 is 3.00 bits per heavy atom. The van der Waals surface area contributed by atoms with Crippen LogP contribution in [0.2, 0.25) is 0 Å². The van der Waals surface area contributed by atoms with Crippen LogP contribution in [0.15, 0.2) is 0 Å². The van der Waals surface area contributed by atoms with Gasteiger partial charge < -0.3 is 5.32 Å². The molecular formula is C10H19ClN2O2. The number of hydrogen-bond donors (Lipinski definition) is 1. The summed E-state index contributed by atoms with van der Waals surface area (Å²) in [7, 11) is 3.24. The van der Waals surface area contributed by atoms with Gasteiger partial charge in [0.05, 0.1) is 12.5 Å². The minimum Gasteiger partial charge on any atom is -0.315 e. The molecule has 4 nitrogen and oxygen atoms in total. The monoisotopic (exact) mass is 234 g/mol. The summed E-state index contributed by atoms with van der Waals surface area (Å²) in [6.07, 6.45) is 3.36. The van der Waals surface area contributed by atoms with Crippen LogP contribution in [-0.4, -0.2) is 38.2 Å². The molecule has 5 heteroatoms. The van der Waals surface area contributed by atoms with Crippen molar-refractivity contribution >= 4 is 18.3 Å². The van der Waals surface area contributed by atoms with Gasteiger partial charge in [-0.1, -0.05) is 6.42 Å². The molecule has 2 fully saturated rings. The molecule has 1 saturated carbocycles. The average Bonchev–Trinajstić information content (AvgIpc) is 2.73. The number of nitrogens with one attached hydrogen (secondary N) is 1. The molecule has 2 aliphatic rings. The van der Waals surface area contributed by atoms with Gasteiger partial charge in [-0.05, 0) is 25.3 Å². The first-order valence-electron chi connectivity index (χ1n) is 5.24. The molecule has 0 unspecified atom stereocenters. The lowest BCUT2D eigenvalue weighted by Crippen LogP contribution is -2.44. The lowest BCUT2D eigenvalue weighted by molar-refractivity contribution is -0.180. The quantitative estimate of drug-likeness (QED) is 0.720. The maximum absolute atomic E-state index is 12.1. The Kier molecular flexibility index (Phi) is 3.98. The predicted molar refractivity (Wildman–Crippen MR) is 59.7 cm³/mol. The van der Waals surface area contributed by atoms with Crippen LogP contribution in [0.25, 0.3) is 0 Å². The zero-order chi connectivity index (χ0) is 10.2. The highest BCUT2D eigenvalue weighted by molar-refractivity contribution is 5.85. The Morgan fingerprint density at radius 2 is 2.33 bits per heavy atom. The molecule has 1 aliphatic heterocycles. The summed E-state index contributed by atoms with van der Waals surface area (Å²) in [5.41, 5.74) is -0.162. The van der Waals surface area contributed by atoms with E-state index in [0.29, 0.717) is 5.92 Å². The normalized spacial score (nSPS) is 33.3. The molecule has 1 amide bonds. The van der Waals surface area contributed by atoms with Crippen molar-refractivity contribution in [1.29, 1.82) is 0 Å². The maximum atomic E-state index is 12.1. The first-order valence-corrected chi connectivity index (χ1v) is 5.24. The van der Waals surface area contributed by atoms with Crippen molar-refractivity contribution < 1.29 is 9.63 Å². The van der Waals surface area contributed by atoms with Crippen molar-refractivity contribution in [1.82, 2.24) is 10.4 Å². The van der Waals surface area contributed by atoms with E-state index in [4.69, 9.17) is 4.84 Å². The molecule has 88 valence electrons. The van der Waals surface area contributed by atoms with Crippen molar-refractivity contribution in [2.45, 2.75) is 19.3 Å². The molecule has 2 rings (SSSR count). The van der Waals surface area contributed by atoms with E-state index in [0.717, 1.165) is 19.5 Å². The van der Waals surface area contributed by atoms with E-state index in [1.165, 1.54) is 17.9 Å². The van der Waals surface area contributed by atoms with E-state index in [-0.39, 0.29) is 23.7 Å². The summed E-state index contributed by atoms with van der Waals surface area (Å²) >= 11 is 0. The molecule has 0 radical (unpaired) electrons. The van der Waals surface area contributed by atoms with Crippen LogP contribution in [0, 0.1) is 11.3 Å². The van der Waals surface area contributed by atoms with Crippen LogP contribution in [0.3, 0.4) is 0 Å². The third-order valence-electron chi connectivity index (χ3n) is 3.77. The smallest absolute Gasteiger partial charge is 0.253 e. The Hall–Kier alpha value is -0.320. The van der Waals surface area contributed by atoms with Crippen LogP contribution < -0.4 is 5.32 Å². The van der Waals surface area contributed by atoms with Crippen LogP contribution >= 0.6 is 12.4 Å². The van der Waals surface area contributed by atoms with Crippen LogP contribution in [0.4, 0.5) is 0 Å².